The summed E-state index contributed by atoms with van der Waals surface area (Å²) in [4.78, 5) is 7.07. The van der Waals surface area contributed by atoms with Gasteiger partial charge in [-0.25, -0.2) is 4.98 Å². The molecule has 1 saturated heterocycles. The van der Waals surface area contributed by atoms with E-state index in [1.54, 1.807) is 0 Å². The van der Waals surface area contributed by atoms with Crippen molar-refractivity contribution >= 4 is 5.82 Å². The predicted octanol–water partition coefficient (Wildman–Crippen LogP) is 2.73. The van der Waals surface area contributed by atoms with E-state index in [0.29, 0.717) is 0 Å². The van der Waals surface area contributed by atoms with Gasteiger partial charge in [0.25, 0.3) is 0 Å². The molecule has 3 heteroatoms. The van der Waals surface area contributed by atoms with Gasteiger partial charge in [0.1, 0.15) is 5.82 Å². The van der Waals surface area contributed by atoms with Gasteiger partial charge in [0.15, 0.2) is 0 Å². The van der Waals surface area contributed by atoms with Crippen LogP contribution in [0.4, 0.5) is 5.82 Å². The molecule has 18 heavy (non-hydrogen) atoms. The highest BCUT2D eigenvalue weighted by molar-refractivity contribution is 5.40. The fourth-order valence-electron chi connectivity index (χ4n) is 3.47. The lowest BCUT2D eigenvalue weighted by atomic mass is 9.78. The average Bonchev–Trinajstić information content (AvgIpc) is 2.38. The van der Waals surface area contributed by atoms with E-state index in [1.807, 2.05) is 13.1 Å². The van der Waals surface area contributed by atoms with E-state index in [9.17, 15) is 0 Å². The van der Waals surface area contributed by atoms with Crippen LogP contribution in [-0.4, -0.2) is 18.1 Å². The normalized spacial score (nSPS) is 29.1. The number of anilines is 1. The van der Waals surface area contributed by atoms with Crippen LogP contribution >= 0.6 is 0 Å². The highest BCUT2D eigenvalue weighted by atomic mass is 15.2. The predicted molar refractivity (Wildman–Crippen MR) is 74.5 cm³/mol. The average molecular weight is 245 g/mol. The van der Waals surface area contributed by atoms with Crippen molar-refractivity contribution in [2.24, 2.45) is 17.6 Å². The number of pyridine rings is 1. The monoisotopic (exact) mass is 245 g/mol. The molecule has 1 aromatic rings. The minimum Gasteiger partial charge on any atom is -0.356 e. The van der Waals surface area contributed by atoms with Crippen LogP contribution in [0.3, 0.4) is 0 Å². The van der Waals surface area contributed by atoms with Gasteiger partial charge in [-0.15, -0.1) is 0 Å². The van der Waals surface area contributed by atoms with Gasteiger partial charge < -0.3 is 10.6 Å². The third-order valence-corrected chi connectivity index (χ3v) is 4.47. The zero-order valence-corrected chi connectivity index (χ0v) is 11.2. The van der Waals surface area contributed by atoms with Crippen molar-refractivity contribution in [2.75, 3.05) is 18.0 Å². The van der Waals surface area contributed by atoms with Gasteiger partial charge in [-0.2, -0.15) is 0 Å². The molecule has 2 unspecified atom stereocenters. The highest BCUT2D eigenvalue weighted by Crippen LogP contribution is 2.35. The van der Waals surface area contributed by atoms with E-state index in [-0.39, 0.29) is 6.04 Å². The number of fused-ring (bicyclic) bond motifs is 2. The maximum absolute atomic E-state index is 5.86. The Labute approximate surface area is 109 Å². The molecule has 1 aromatic heterocycles. The van der Waals surface area contributed by atoms with E-state index >= 15 is 0 Å². The molecule has 0 spiro atoms. The zero-order valence-electron chi connectivity index (χ0n) is 11.2. The lowest BCUT2D eigenvalue weighted by molar-refractivity contribution is 0.230. The van der Waals surface area contributed by atoms with Crippen molar-refractivity contribution in [2.45, 2.75) is 38.6 Å². The van der Waals surface area contributed by atoms with Gasteiger partial charge in [-0.05, 0) is 49.7 Å². The van der Waals surface area contributed by atoms with Crippen molar-refractivity contribution in [3.8, 4) is 0 Å². The fourth-order valence-corrected chi connectivity index (χ4v) is 3.47. The van der Waals surface area contributed by atoms with E-state index in [1.165, 1.54) is 38.8 Å². The van der Waals surface area contributed by atoms with Crippen LogP contribution in [0.2, 0.25) is 0 Å². The maximum atomic E-state index is 5.86. The van der Waals surface area contributed by atoms with Gasteiger partial charge in [-0.1, -0.05) is 12.5 Å². The summed E-state index contributed by atoms with van der Waals surface area (Å²) in [6.45, 7) is 4.39. The number of nitrogens with two attached hydrogens (primary N) is 1. The van der Waals surface area contributed by atoms with Gasteiger partial charge in [-0.3, -0.25) is 0 Å². The quantitative estimate of drug-likeness (QED) is 0.871. The first-order valence-electron chi connectivity index (χ1n) is 7.19. The second kappa shape index (κ2) is 4.88. The lowest BCUT2D eigenvalue weighted by Gasteiger charge is -2.42. The fraction of sp³-hybridized carbons (Fsp3) is 0.667. The molecule has 1 saturated carbocycles. The smallest absolute Gasteiger partial charge is 0.128 e. The number of aromatic nitrogens is 1. The first-order chi connectivity index (χ1) is 8.72. The van der Waals surface area contributed by atoms with E-state index < -0.39 is 0 Å². The Bertz CT molecular complexity index is 387. The second-order valence-corrected chi connectivity index (χ2v) is 6.04. The topological polar surface area (TPSA) is 42.1 Å². The molecule has 98 valence electrons. The number of nitrogens with zero attached hydrogens (tertiary/aromatic N) is 2. The summed E-state index contributed by atoms with van der Waals surface area (Å²) in [6.07, 6.45) is 7.62. The molecule has 2 bridgehead atoms. The van der Waals surface area contributed by atoms with Crippen LogP contribution < -0.4 is 10.6 Å². The molecular formula is C15H23N3. The standard InChI is InChI=1S/C15H23N3/c1-11(16)14-5-6-15(17-8-14)18-9-12-3-2-4-13(7-12)10-18/h5-6,8,11-13H,2-4,7,9-10,16H2,1H3/t11-,12?,13?/m0/s1. The van der Waals surface area contributed by atoms with Crippen LogP contribution in [0.15, 0.2) is 18.3 Å². The van der Waals surface area contributed by atoms with Crippen molar-refractivity contribution in [3.63, 3.8) is 0 Å². The first-order valence-corrected chi connectivity index (χ1v) is 7.19. The summed E-state index contributed by atoms with van der Waals surface area (Å²) in [7, 11) is 0. The third-order valence-electron chi connectivity index (χ3n) is 4.47. The molecule has 2 fully saturated rings. The Morgan fingerprint density at radius 3 is 2.56 bits per heavy atom. The molecular weight excluding hydrogens is 222 g/mol. The lowest BCUT2D eigenvalue weighted by Crippen LogP contribution is -2.43. The van der Waals surface area contributed by atoms with Crippen LogP contribution in [0, 0.1) is 11.8 Å². The molecule has 2 N–H and O–H groups in total. The van der Waals surface area contributed by atoms with E-state index in [2.05, 4.69) is 22.0 Å². The Kier molecular flexibility index (Phi) is 3.25. The molecule has 1 aliphatic carbocycles. The van der Waals surface area contributed by atoms with Gasteiger partial charge in [0.2, 0.25) is 0 Å². The molecule has 0 amide bonds. The van der Waals surface area contributed by atoms with Crippen molar-refractivity contribution in [1.82, 2.24) is 4.98 Å². The number of rotatable bonds is 2. The summed E-state index contributed by atoms with van der Waals surface area (Å²) in [6, 6.07) is 4.34. The van der Waals surface area contributed by atoms with Crippen molar-refractivity contribution in [1.29, 1.82) is 0 Å². The highest BCUT2D eigenvalue weighted by Gasteiger charge is 2.30. The summed E-state index contributed by atoms with van der Waals surface area (Å²) >= 11 is 0. The summed E-state index contributed by atoms with van der Waals surface area (Å²) in [5.41, 5.74) is 6.98. The molecule has 3 rings (SSSR count). The van der Waals surface area contributed by atoms with Gasteiger partial charge in [0, 0.05) is 25.3 Å². The van der Waals surface area contributed by atoms with Crippen molar-refractivity contribution in [3.05, 3.63) is 23.9 Å². The van der Waals surface area contributed by atoms with Crippen LogP contribution in [0.1, 0.15) is 44.2 Å². The molecule has 1 aliphatic heterocycles. The molecule has 3 atom stereocenters. The molecule has 0 radical (unpaired) electrons. The van der Waals surface area contributed by atoms with Gasteiger partial charge in [0.05, 0.1) is 0 Å². The maximum Gasteiger partial charge on any atom is 0.128 e. The Balaban J connectivity index is 1.74. The Morgan fingerprint density at radius 1 is 1.28 bits per heavy atom. The Hall–Kier alpha value is -1.09. The molecule has 2 aliphatic rings. The summed E-state index contributed by atoms with van der Waals surface area (Å²) in [5, 5.41) is 0. The molecule has 2 heterocycles. The van der Waals surface area contributed by atoms with Crippen LogP contribution in [0.25, 0.3) is 0 Å². The summed E-state index contributed by atoms with van der Waals surface area (Å²) < 4.78 is 0. The molecule has 3 nitrogen and oxygen atoms in total. The third kappa shape index (κ3) is 2.37. The van der Waals surface area contributed by atoms with Crippen LogP contribution in [0.5, 0.6) is 0 Å². The van der Waals surface area contributed by atoms with E-state index in [4.69, 9.17) is 5.73 Å². The van der Waals surface area contributed by atoms with E-state index in [0.717, 1.165) is 23.2 Å². The van der Waals surface area contributed by atoms with Gasteiger partial charge >= 0.3 is 0 Å². The van der Waals surface area contributed by atoms with Crippen molar-refractivity contribution < 1.29 is 0 Å². The van der Waals surface area contributed by atoms with Crippen LogP contribution in [-0.2, 0) is 0 Å². The number of hydrogen-bond acceptors (Lipinski definition) is 3. The minimum atomic E-state index is 0.0762. The Morgan fingerprint density at radius 2 is 2.00 bits per heavy atom. The molecule has 0 aromatic carbocycles. The largest absolute Gasteiger partial charge is 0.356 e. The zero-order chi connectivity index (χ0) is 12.5. The first kappa shape index (κ1) is 12.0. The number of hydrogen-bond donors (Lipinski definition) is 1. The second-order valence-electron chi connectivity index (χ2n) is 6.04. The minimum absolute atomic E-state index is 0.0762. The summed E-state index contributed by atoms with van der Waals surface area (Å²) in [5.74, 6) is 2.93. The SMILES string of the molecule is C[C@H](N)c1ccc(N2CC3CCCC(C3)C2)nc1. The number of piperidine rings is 1.